The van der Waals surface area contributed by atoms with E-state index in [1.807, 2.05) is 32.0 Å². The topological polar surface area (TPSA) is 45.9 Å². The quantitative estimate of drug-likeness (QED) is 0.735. The third kappa shape index (κ3) is 5.41. The number of halogens is 1. The van der Waals surface area contributed by atoms with Gasteiger partial charge in [0.1, 0.15) is 11.6 Å². The zero-order valence-electron chi connectivity index (χ0n) is 15.2. The Morgan fingerprint density at radius 3 is 2.44 bits per heavy atom. The number of amides is 1. The van der Waals surface area contributed by atoms with Crippen LogP contribution in [0.25, 0.3) is 0 Å². The molecule has 0 saturated heterocycles. The Balaban J connectivity index is 2.20. The summed E-state index contributed by atoms with van der Waals surface area (Å²) in [6, 6.07) is 9.48. The van der Waals surface area contributed by atoms with Gasteiger partial charge in [-0.25, -0.2) is 4.39 Å². The first kappa shape index (κ1) is 19.1. The summed E-state index contributed by atoms with van der Waals surface area (Å²) in [6.07, 6.45) is 0. The largest absolute Gasteiger partial charge is 0.455 e. The first-order valence-electron chi connectivity index (χ1n) is 8.18. The summed E-state index contributed by atoms with van der Waals surface area (Å²) >= 11 is 0. The maximum Gasteiger partial charge on any atom is 0.290 e. The number of hydrogen-bond donors (Lipinski definition) is 0. The molecule has 1 aromatic carbocycles. The fourth-order valence-electron chi connectivity index (χ4n) is 2.58. The van der Waals surface area contributed by atoms with E-state index in [2.05, 4.69) is 0 Å². The number of hydrogen-bond acceptors (Lipinski definition) is 4. The molecule has 0 aliphatic heterocycles. The fourth-order valence-corrected chi connectivity index (χ4v) is 2.58. The number of carbonyl (C=O) groups is 1. The molecule has 0 aliphatic carbocycles. The SMILES string of the molecule is COCC(C)N(Cc1ccc(F)cc1)C(=O)c1ccc(CN(C)C)o1. The van der Waals surface area contributed by atoms with Gasteiger partial charge in [0.05, 0.1) is 19.2 Å². The molecule has 5 nitrogen and oxygen atoms in total. The van der Waals surface area contributed by atoms with Gasteiger partial charge < -0.3 is 19.0 Å². The minimum atomic E-state index is -0.300. The number of carbonyl (C=O) groups excluding carboxylic acids is 1. The van der Waals surface area contributed by atoms with Crippen molar-refractivity contribution in [3.05, 3.63) is 59.3 Å². The smallest absolute Gasteiger partial charge is 0.290 e. The van der Waals surface area contributed by atoms with E-state index in [9.17, 15) is 9.18 Å². The van der Waals surface area contributed by atoms with Gasteiger partial charge in [-0.2, -0.15) is 0 Å². The van der Waals surface area contributed by atoms with Gasteiger partial charge in [0.15, 0.2) is 5.76 Å². The molecule has 1 amide bonds. The number of nitrogens with zero attached hydrogens (tertiary/aromatic N) is 2. The summed E-state index contributed by atoms with van der Waals surface area (Å²) in [5.41, 5.74) is 0.845. The van der Waals surface area contributed by atoms with Crippen molar-refractivity contribution in [3.63, 3.8) is 0 Å². The van der Waals surface area contributed by atoms with Gasteiger partial charge in [0, 0.05) is 13.7 Å². The van der Waals surface area contributed by atoms with Gasteiger partial charge in [0.2, 0.25) is 0 Å². The molecule has 0 aliphatic rings. The lowest BCUT2D eigenvalue weighted by molar-refractivity contribution is 0.0510. The summed E-state index contributed by atoms with van der Waals surface area (Å²) in [4.78, 5) is 16.6. The van der Waals surface area contributed by atoms with Gasteiger partial charge >= 0.3 is 0 Å². The van der Waals surface area contributed by atoms with Crippen molar-refractivity contribution in [2.24, 2.45) is 0 Å². The molecular weight excluding hydrogens is 323 g/mol. The second kappa shape index (κ2) is 8.78. The van der Waals surface area contributed by atoms with Crippen molar-refractivity contribution in [1.29, 1.82) is 0 Å². The molecule has 1 unspecified atom stereocenters. The number of methoxy groups -OCH3 is 1. The van der Waals surface area contributed by atoms with Crippen LogP contribution in [-0.2, 0) is 17.8 Å². The molecule has 0 spiro atoms. The second-order valence-electron chi connectivity index (χ2n) is 6.37. The van der Waals surface area contributed by atoms with E-state index >= 15 is 0 Å². The molecule has 1 heterocycles. The average Bonchev–Trinajstić information content (AvgIpc) is 3.01. The van der Waals surface area contributed by atoms with Gasteiger partial charge in [-0.1, -0.05) is 12.1 Å². The molecule has 2 rings (SSSR count). The zero-order chi connectivity index (χ0) is 18.4. The predicted octanol–water partition coefficient (Wildman–Crippen LogP) is 3.16. The molecule has 2 aromatic rings. The van der Waals surface area contributed by atoms with Crippen LogP contribution in [0.1, 0.15) is 28.8 Å². The van der Waals surface area contributed by atoms with Gasteiger partial charge in [-0.05, 0) is 50.8 Å². The van der Waals surface area contributed by atoms with Gasteiger partial charge in [0.25, 0.3) is 5.91 Å². The lowest BCUT2D eigenvalue weighted by atomic mass is 10.1. The summed E-state index contributed by atoms with van der Waals surface area (Å²) in [5, 5.41) is 0. The van der Waals surface area contributed by atoms with Crippen LogP contribution in [0.2, 0.25) is 0 Å². The Hall–Kier alpha value is -2.18. The highest BCUT2D eigenvalue weighted by atomic mass is 19.1. The van der Waals surface area contributed by atoms with E-state index in [0.29, 0.717) is 25.5 Å². The fraction of sp³-hybridized carbons (Fsp3) is 0.421. The zero-order valence-corrected chi connectivity index (χ0v) is 15.2. The Labute approximate surface area is 148 Å². The van der Waals surface area contributed by atoms with Crippen molar-refractivity contribution < 1.29 is 18.3 Å². The van der Waals surface area contributed by atoms with E-state index < -0.39 is 0 Å². The molecule has 0 saturated carbocycles. The monoisotopic (exact) mass is 348 g/mol. The highest BCUT2D eigenvalue weighted by molar-refractivity contribution is 5.91. The van der Waals surface area contributed by atoms with Crippen LogP contribution in [0, 0.1) is 5.82 Å². The number of ether oxygens (including phenoxy) is 1. The predicted molar refractivity (Wildman–Crippen MR) is 93.7 cm³/mol. The van der Waals surface area contributed by atoms with E-state index in [4.69, 9.17) is 9.15 Å². The minimum Gasteiger partial charge on any atom is -0.455 e. The Bertz CT molecular complexity index is 682. The molecule has 25 heavy (non-hydrogen) atoms. The molecular formula is C19H25FN2O3. The highest BCUT2D eigenvalue weighted by Gasteiger charge is 2.24. The third-order valence-corrected chi connectivity index (χ3v) is 3.81. The van der Waals surface area contributed by atoms with Crippen molar-refractivity contribution >= 4 is 5.91 Å². The lowest BCUT2D eigenvalue weighted by Gasteiger charge is -2.28. The van der Waals surface area contributed by atoms with Crippen molar-refractivity contribution in [2.45, 2.75) is 26.1 Å². The maximum absolute atomic E-state index is 13.1. The van der Waals surface area contributed by atoms with E-state index in [-0.39, 0.29) is 17.8 Å². The van der Waals surface area contributed by atoms with E-state index in [1.165, 1.54) is 12.1 Å². The van der Waals surface area contributed by atoms with Crippen LogP contribution in [-0.4, -0.2) is 49.6 Å². The van der Waals surface area contributed by atoms with Crippen LogP contribution in [0.15, 0.2) is 40.8 Å². The molecule has 0 radical (unpaired) electrons. The summed E-state index contributed by atoms with van der Waals surface area (Å²) in [6.45, 7) is 3.29. The van der Waals surface area contributed by atoms with E-state index in [0.717, 1.165) is 11.3 Å². The second-order valence-corrected chi connectivity index (χ2v) is 6.37. The average molecular weight is 348 g/mol. The Morgan fingerprint density at radius 2 is 1.84 bits per heavy atom. The number of rotatable bonds is 8. The molecule has 0 bridgehead atoms. The summed E-state index contributed by atoms with van der Waals surface area (Å²) < 4.78 is 24.0. The Morgan fingerprint density at radius 1 is 1.16 bits per heavy atom. The molecule has 0 N–H and O–H groups in total. The number of furan rings is 1. The van der Waals surface area contributed by atoms with Gasteiger partial charge in [-0.3, -0.25) is 4.79 Å². The van der Waals surface area contributed by atoms with E-state index in [1.54, 1.807) is 30.2 Å². The first-order chi connectivity index (χ1) is 11.9. The lowest BCUT2D eigenvalue weighted by Crippen LogP contribution is -2.40. The molecule has 0 fully saturated rings. The van der Waals surface area contributed by atoms with Crippen molar-refractivity contribution in [2.75, 3.05) is 27.8 Å². The number of benzene rings is 1. The summed E-state index contributed by atoms with van der Waals surface area (Å²) in [7, 11) is 5.47. The van der Waals surface area contributed by atoms with Crippen molar-refractivity contribution in [3.8, 4) is 0 Å². The van der Waals surface area contributed by atoms with Crippen LogP contribution >= 0.6 is 0 Å². The molecule has 1 aromatic heterocycles. The molecule has 1 atom stereocenters. The molecule has 6 heteroatoms. The summed E-state index contributed by atoms with van der Waals surface area (Å²) in [5.74, 6) is 0.515. The van der Waals surface area contributed by atoms with Gasteiger partial charge in [-0.15, -0.1) is 0 Å². The van der Waals surface area contributed by atoms with Crippen LogP contribution in [0.3, 0.4) is 0 Å². The standard InChI is InChI=1S/C19H25FN2O3/c1-14(13-24-4)22(11-15-5-7-16(20)8-6-15)19(23)18-10-9-17(25-18)12-21(2)3/h5-10,14H,11-13H2,1-4H3. The normalized spacial score (nSPS) is 12.4. The third-order valence-electron chi connectivity index (χ3n) is 3.81. The Kier molecular flexibility index (Phi) is 6.73. The van der Waals surface area contributed by atoms with Crippen LogP contribution in [0.5, 0.6) is 0 Å². The van der Waals surface area contributed by atoms with Crippen molar-refractivity contribution in [1.82, 2.24) is 9.80 Å². The molecule has 136 valence electrons. The maximum atomic E-state index is 13.1. The highest BCUT2D eigenvalue weighted by Crippen LogP contribution is 2.17. The first-order valence-corrected chi connectivity index (χ1v) is 8.18. The minimum absolute atomic E-state index is 0.148. The van der Waals surface area contributed by atoms with Crippen LogP contribution < -0.4 is 0 Å². The van der Waals surface area contributed by atoms with Crippen LogP contribution in [0.4, 0.5) is 4.39 Å².